The van der Waals surface area contributed by atoms with E-state index >= 15 is 0 Å². The molecule has 0 aliphatic carbocycles. The first-order chi connectivity index (χ1) is 12.8. The zero-order chi connectivity index (χ0) is 18.5. The summed E-state index contributed by atoms with van der Waals surface area (Å²) in [6, 6.07) is 3.95. The number of hydrogen-bond donors (Lipinski definition) is 1. The number of furan rings is 1. The van der Waals surface area contributed by atoms with Gasteiger partial charge in [-0.1, -0.05) is 13.3 Å². The normalized spacial score (nSPS) is 15.6. The number of methoxy groups -OCH3 is 1. The summed E-state index contributed by atoms with van der Waals surface area (Å²) in [5.74, 6) is 2.04. The lowest BCUT2D eigenvalue weighted by molar-refractivity contribution is 0.00989. The molecule has 0 saturated carbocycles. The number of halogens is 1. The van der Waals surface area contributed by atoms with E-state index in [0.717, 1.165) is 83.2 Å². The van der Waals surface area contributed by atoms with Crippen LogP contribution in [0.3, 0.4) is 0 Å². The molecule has 27 heavy (non-hydrogen) atoms. The van der Waals surface area contributed by atoms with Gasteiger partial charge in [-0.05, 0) is 37.8 Å². The van der Waals surface area contributed by atoms with E-state index in [0.29, 0.717) is 6.10 Å². The maximum Gasteiger partial charge on any atom is 0.193 e. The monoisotopic (exact) mass is 493 g/mol. The number of nitrogens with one attached hydrogen (secondary N) is 1. The lowest BCUT2D eigenvalue weighted by Crippen LogP contribution is -2.47. The molecule has 0 unspecified atom stereocenters. The van der Waals surface area contributed by atoms with Gasteiger partial charge in [0.15, 0.2) is 5.96 Å². The van der Waals surface area contributed by atoms with Crippen LogP contribution in [0, 0.1) is 0 Å². The number of nitrogens with zero attached hydrogens (tertiary/aromatic N) is 2. The van der Waals surface area contributed by atoms with Gasteiger partial charge in [0, 0.05) is 52.9 Å². The van der Waals surface area contributed by atoms with E-state index in [1.54, 1.807) is 13.4 Å². The van der Waals surface area contributed by atoms with Crippen molar-refractivity contribution in [1.82, 2.24) is 10.2 Å². The first kappa shape index (κ1) is 24.2. The maximum atomic E-state index is 5.96. The summed E-state index contributed by atoms with van der Waals surface area (Å²) >= 11 is 0. The number of aliphatic imine (C=N–C) groups is 1. The average Bonchev–Trinajstić information content (AvgIpc) is 3.18. The quantitative estimate of drug-likeness (QED) is 0.221. The molecule has 156 valence electrons. The SMILES string of the molecule is CCCCN=C(NCCc1ccco1)N1CCC(OCCCOC)CC1.I. The number of rotatable bonds is 11. The molecule has 6 nitrogen and oxygen atoms in total. The third kappa shape index (κ3) is 9.80. The van der Waals surface area contributed by atoms with Gasteiger partial charge in [-0.2, -0.15) is 0 Å². The fourth-order valence-corrected chi connectivity index (χ4v) is 3.05. The molecule has 1 aliphatic heterocycles. The second kappa shape index (κ2) is 15.2. The van der Waals surface area contributed by atoms with Gasteiger partial charge in [0.05, 0.1) is 12.4 Å². The van der Waals surface area contributed by atoms with Gasteiger partial charge in [0.25, 0.3) is 0 Å². The maximum absolute atomic E-state index is 5.96. The molecule has 1 aliphatic rings. The molecule has 0 amide bonds. The van der Waals surface area contributed by atoms with E-state index in [1.807, 2.05) is 12.1 Å². The summed E-state index contributed by atoms with van der Waals surface area (Å²) in [6.45, 7) is 7.47. The van der Waals surface area contributed by atoms with Crippen LogP contribution >= 0.6 is 24.0 Å². The van der Waals surface area contributed by atoms with Crippen LogP contribution in [-0.2, 0) is 15.9 Å². The van der Waals surface area contributed by atoms with Crippen LogP contribution in [0.4, 0.5) is 0 Å². The second-order valence-corrected chi connectivity index (χ2v) is 6.72. The standard InChI is InChI=1S/C20H35N3O3.HI/c1-3-4-11-21-20(22-12-8-18-7-5-16-25-18)23-13-9-19(10-14-23)26-17-6-15-24-2;/h5,7,16,19H,3-4,6,8-15,17H2,1-2H3,(H,21,22);1H. The smallest absolute Gasteiger partial charge is 0.193 e. The molecule has 0 radical (unpaired) electrons. The van der Waals surface area contributed by atoms with Crippen LogP contribution in [-0.4, -0.2) is 63.5 Å². The van der Waals surface area contributed by atoms with Crippen LogP contribution in [0.2, 0.25) is 0 Å². The third-order valence-electron chi connectivity index (χ3n) is 4.60. The molecule has 0 spiro atoms. The molecule has 2 heterocycles. The Morgan fingerprint density at radius 3 is 2.78 bits per heavy atom. The first-order valence-electron chi connectivity index (χ1n) is 9.99. The predicted molar refractivity (Wildman–Crippen MR) is 120 cm³/mol. The van der Waals surface area contributed by atoms with Crippen LogP contribution < -0.4 is 5.32 Å². The van der Waals surface area contributed by atoms with E-state index in [9.17, 15) is 0 Å². The number of hydrogen-bond acceptors (Lipinski definition) is 4. The highest BCUT2D eigenvalue weighted by molar-refractivity contribution is 14.0. The highest BCUT2D eigenvalue weighted by Crippen LogP contribution is 2.14. The third-order valence-corrected chi connectivity index (χ3v) is 4.60. The van der Waals surface area contributed by atoms with Crippen molar-refractivity contribution in [3.05, 3.63) is 24.2 Å². The largest absolute Gasteiger partial charge is 0.469 e. The van der Waals surface area contributed by atoms with E-state index in [4.69, 9.17) is 18.9 Å². The van der Waals surface area contributed by atoms with Crippen LogP contribution in [0.5, 0.6) is 0 Å². The van der Waals surface area contributed by atoms with Gasteiger partial charge in [-0.3, -0.25) is 4.99 Å². The predicted octanol–water partition coefficient (Wildman–Crippen LogP) is 3.70. The van der Waals surface area contributed by atoms with Crippen molar-refractivity contribution < 1.29 is 13.9 Å². The Kier molecular flexibility index (Phi) is 13.6. The van der Waals surface area contributed by atoms with E-state index in [2.05, 4.69) is 17.1 Å². The summed E-state index contributed by atoms with van der Waals surface area (Å²) in [5.41, 5.74) is 0. The van der Waals surface area contributed by atoms with Crippen molar-refractivity contribution in [3.63, 3.8) is 0 Å². The molecular formula is C20H36IN3O3. The Bertz CT molecular complexity index is 489. The molecule has 1 N–H and O–H groups in total. The summed E-state index contributed by atoms with van der Waals surface area (Å²) < 4.78 is 16.4. The summed E-state index contributed by atoms with van der Waals surface area (Å²) in [6.07, 6.45) is 8.34. The summed E-state index contributed by atoms with van der Waals surface area (Å²) in [5, 5.41) is 3.52. The number of likely N-dealkylation sites (tertiary alicyclic amines) is 1. The summed E-state index contributed by atoms with van der Waals surface area (Å²) in [7, 11) is 1.73. The van der Waals surface area contributed by atoms with Gasteiger partial charge in [0.2, 0.25) is 0 Å². The van der Waals surface area contributed by atoms with E-state index in [-0.39, 0.29) is 24.0 Å². The minimum absolute atomic E-state index is 0. The Morgan fingerprint density at radius 2 is 2.11 bits per heavy atom. The van der Waals surface area contributed by atoms with Gasteiger partial charge < -0.3 is 24.1 Å². The second-order valence-electron chi connectivity index (χ2n) is 6.72. The minimum Gasteiger partial charge on any atom is -0.469 e. The molecule has 0 bridgehead atoms. The fourth-order valence-electron chi connectivity index (χ4n) is 3.05. The average molecular weight is 493 g/mol. The Morgan fingerprint density at radius 1 is 1.30 bits per heavy atom. The van der Waals surface area contributed by atoms with Gasteiger partial charge in [-0.15, -0.1) is 24.0 Å². The molecule has 1 aromatic heterocycles. The number of ether oxygens (including phenoxy) is 2. The van der Waals surface area contributed by atoms with Crippen LogP contribution in [0.25, 0.3) is 0 Å². The van der Waals surface area contributed by atoms with Crippen LogP contribution in [0.15, 0.2) is 27.8 Å². The van der Waals surface area contributed by atoms with Crippen molar-refractivity contribution in [2.75, 3.05) is 46.5 Å². The van der Waals surface area contributed by atoms with Gasteiger partial charge in [0.1, 0.15) is 5.76 Å². The van der Waals surface area contributed by atoms with Crippen molar-refractivity contribution in [1.29, 1.82) is 0 Å². The molecule has 0 aromatic carbocycles. The number of piperidine rings is 1. The van der Waals surface area contributed by atoms with Gasteiger partial charge in [-0.25, -0.2) is 0 Å². The van der Waals surface area contributed by atoms with Crippen LogP contribution in [0.1, 0.15) is 44.8 Å². The lowest BCUT2D eigenvalue weighted by Gasteiger charge is -2.34. The van der Waals surface area contributed by atoms with E-state index < -0.39 is 0 Å². The first-order valence-corrected chi connectivity index (χ1v) is 9.99. The highest BCUT2D eigenvalue weighted by atomic mass is 127. The zero-order valence-electron chi connectivity index (χ0n) is 16.8. The molecule has 7 heteroatoms. The molecule has 1 aromatic rings. The number of guanidine groups is 1. The van der Waals surface area contributed by atoms with E-state index in [1.165, 1.54) is 6.42 Å². The highest BCUT2D eigenvalue weighted by Gasteiger charge is 2.22. The molecular weight excluding hydrogens is 457 g/mol. The van der Waals surface area contributed by atoms with Crippen molar-refractivity contribution in [2.45, 2.75) is 51.6 Å². The topological polar surface area (TPSA) is 59.2 Å². The Balaban J connectivity index is 0.00000364. The fraction of sp³-hybridized carbons (Fsp3) is 0.750. The molecule has 1 fully saturated rings. The Hall–Kier alpha value is -0.800. The zero-order valence-corrected chi connectivity index (χ0v) is 19.2. The molecule has 1 saturated heterocycles. The summed E-state index contributed by atoms with van der Waals surface area (Å²) in [4.78, 5) is 7.18. The lowest BCUT2D eigenvalue weighted by atomic mass is 10.1. The number of unbranched alkanes of at least 4 members (excludes halogenated alkanes) is 1. The van der Waals surface area contributed by atoms with Crippen molar-refractivity contribution >= 4 is 29.9 Å². The Labute approximate surface area is 181 Å². The molecule has 2 rings (SSSR count). The molecule has 0 atom stereocenters. The van der Waals surface area contributed by atoms with Crippen molar-refractivity contribution in [3.8, 4) is 0 Å². The minimum atomic E-state index is 0. The van der Waals surface area contributed by atoms with Gasteiger partial charge >= 0.3 is 0 Å². The van der Waals surface area contributed by atoms with Crippen molar-refractivity contribution in [2.24, 2.45) is 4.99 Å².